The number of hydrogen-bond donors (Lipinski definition) is 0. The maximum absolute atomic E-state index is 6.15. The van der Waals surface area contributed by atoms with E-state index in [2.05, 4.69) is 20.8 Å². The largest absolute Gasteiger partial charge is 0.0892 e. The van der Waals surface area contributed by atoms with E-state index >= 15 is 0 Å². The van der Waals surface area contributed by atoms with Crippen molar-refractivity contribution in [3.63, 3.8) is 0 Å². The van der Waals surface area contributed by atoms with Crippen molar-refractivity contribution in [2.45, 2.75) is 46.5 Å². The SMILES string of the molecule is CCC1=C(Cl)CC(C)(C)CC1. The number of rotatable bonds is 1. The molecule has 1 aliphatic rings. The summed E-state index contributed by atoms with van der Waals surface area (Å²) in [5.74, 6) is 0. The van der Waals surface area contributed by atoms with Gasteiger partial charge in [0.1, 0.15) is 0 Å². The van der Waals surface area contributed by atoms with Crippen molar-refractivity contribution in [1.29, 1.82) is 0 Å². The van der Waals surface area contributed by atoms with Crippen LogP contribution in [0.5, 0.6) is 0 Å². The molecule has 0 aliphatic heterocycles. The Balaban J connectivity index is 2.71. The summed E-state index contributed by atoms with van der Waals surface area (Å²) in [6, 6.07) is 0. The second kappa shape index (κ2) is 3.18. The molecule has 0 amide bonds. The highest BCUT2D eigenvalue weighted by Crippen LogP contribution is 2.40. The van der Waals surface area contributed by atoms with E-state index in [1.807, 2.05) is 0 Å². The van der Waals surface area contributed by atoms with Gasteiger partial charge in [-0.3, -0.25) is 0 Å². The van der Waals surface area contributed by atoms with Gasteiger partial charge in [0.25, 0.3) is 0 Å². The van der Waals surface area contributed by atoms with Gasteiger partial charge in [-0.25, -0.2) is 0 Å². The Morgan fingerprint density at radius 2 is 2.09 bits per heavy atom. The summed E-state index contributed by atoms with van der Waals surface area (Å²) in [6.45, 7) is 6.78. The van der Waals surface area contributed by atoms with Crippen LogP contribution in [0.15, 0.2) is 10.6 Å². The Bertz CT molecular complexity index is 177. The monoisotopic (exact) mass is 172 g/mol. The lowest BCUT2D eigenvalue weighted by atomic mass is 9.78. The fraction of sp³-hybridized carbons (Fsp3) is 0.800. The molecule has 0 N–H and O–H groups in total. The van der Waals surface area contributed by atoms with E-state index in [9.17, 15) is 0 Å². The van der Waals surface area contributed by atoms with Crippen molar-refractivity contribution in [3.8, 4) is 0 Å². The van der Waals surface area contributed by atoms with Crippen LogP contribution < -0.4 is 0 Å². The van der Waals surface area contributed by atoms with Crippen molar-refractivity contribution >= 4 is 11.6 Å². The van der Waals surface area contributed by atoms with Crippen LogP contribution in [0.3, 0.4) is 0 Å². The van der Waals surface area contributed by atoms with Crippen LogP contribution in [-0.2, 0) is 0 Å². The van der Waals surface area contributed by atoms with E-state index in [0.717, 1.165) is 17.9 Å². The van der Waals surface area contributed by atoms with E-state index in [0.29, 0.717) is 5.41 Å². The summed E-state index contributed by atoms with van der Waals surface area (Å²) < 4.78 is 0. The standard InChI is InChI=1S/C10H17Cl/c1-4-8-5-6-10(2,3)7-9(8)11/h4-7H2,1-3H3. The first kappa shape index (κ1) is 9.12. The lowest BCUT2D eigenvalue weighted by molar-refractivity contribution is 0.319. The maximum atomic E-state index is 6.15. The molecule has 0 radical (unpaired) electrons. The van der Waals surface area contributed by atoms with Crippen molar-refractivity contribution < 1.29 is 0 Å². The molecule has 0 spiro atoms. The minimum absolute atomic E-state index is 0.440. The predicted molar refractivity (Wildman–Crippen MR) is 50.8 cm³/mol. The summed E-state index contributed by atoms with van der Waals surface area (Å²) >= 11 is 6.15. The molecule has 1 aliphatic carbocycles. The van der Waals surface area contributed by atoms with Crippen LogP contribution in [0, 0.1) is 5.41 Å². The molecule has 0 saturated carbocycles. The predicted octanol–water partition coefficient (Wildman–Crippen LogP) is 4.10. The molecule has 0 aromatic heterocycles. The van der Waals surface area contributed by atoms with E-state index in [-0.39, 0.29) is 0 Å². The second-order valence-corrected chi connectivity index (χ2v) is 4.66. The molecule has 0 unspecified atom stereocenters. The third kappa shape index (κ3) is 2.23. The van der Waals surface area contributed by atoms with Gasteiger partial charge in [0.2, 0.25) is 0 Å². The molecular weight excluding hydrogens is 156 g/mol. The number of hydrogen-bond acceptors (Lipinski definition) is 0. The minimum Gasteiger partial charge on any atom is -0.0892 e. The number of allylic oxidation sites excluding steroid dienone is 2. The first-order chi connectivity index (χ1) is 5.05. The summed E-state index contributed by atoms with van der Waals surface area (Å²) in [6.07, 6.45) is 4.72. The zero-order valence-electron chi connectivity index (χ0n) is 7.71. The second-order valence-electron chi connectivity index (χ2n) is 4.20. The zero-order valence-corrected chi connectivity index (χ0v) is 8.46. The molecular formula is C10H17Cl. The Morgan fingerprint density at radius 1 is 1.45 bits per heavy atom. The molecule has 0 aromatic rings. The zero-order chi connectivity index (χ0) is 8.48. The smallest absolute Gasteiger partial charge is 0.0178 e. The van der Waals surface area contributed by atoms with E-state index < -0.39 is 0 Å². The molecule has 0 fully saturated rings. The normalized spacial score (nSPS) is 24.0. The molecule has 0 aromatic carbocycles. The first-order valence-electron chi connectivity index (χ1n) is 4.41. The molecule has 0 nitrogen and oxygen atoms in total. The van der Waals surface area contributed by atoms with Gasteiger partial charge in [-0.1, -0.05) is 37.9 Å². The molecule has 11 heavy (non-hydrogen) atoms. The Kier molecular flexibility index (Phi) is 2.64. The molecule has 1 heteroatoms. The van der Waals surface area contributed by atoms with Crippen LogP contribution in [0.1, 0.15) is 46.5 Å². The van der Waals surface area contributed by atoms with Crippen molar-refractivity contribution in [3.05, 3.63) is 10.6 Å². The third-order valence-electron chi connectivity index (χ3n) is 2.55. The highest BCUT2D eigenvalue weighted by atomic mass is 35.5. The quantitative estimate of drug-likeness (QED) is 0.559. The molecule has 64 valence electrons. The summed E-state index contributed by atoms with van der Waals surface area (Å²) in [5.41, 5.74) is 1.92. The van der Waals surface area contributed by atoms with Crippen LogP contribution in [0.2, 0.25) is 0 Å². The van der Waals surface area contributed by atoms with Gasteiger partial charge in [0.15, 0.2) is 0 Å². The average Bonchev–Trinajstić information content (AvgIpc) is 1.86. The third-order valence-corrected chi connectivity index (χ3v) is 2.95. The molecule has 0 atom stereocenters. The highest BCUT2D eigenvalue weighted by Gasteiger charge is 2.25. The van der Waals surface area contributed by atoms with Gasteiger partial charge < -0.3 is 0 Å². The maximum Gasteiger partial charge on any atom is 0.0178 e. The lowest BCUT2D eigenvalue weighted by Gasteiger charge is -2.30. The van der Waals surface area contributed by atoms with Crippen LogP contribution in [0.4, 0.5) is 0 Å². The van der Waals surface area contributed by atoms with Crippen molar-refractivity contribution in [2.24, 2.45) is 5.41 Å². The fourth-order valence-electron chi connectivity index (χ4n) is 1.63. The molecule has 0 heterocycles. The summed E-state index contributed by atoms with van der Waals surface area (Å²) in [4.78, 5) is 0. The Labute approximate surface area is 74.6 Å². The Hall–Kier alpha value is 0.0300. The van der Waals surface area contributed by atoms with Gasteiger partial charge >= 0.3 is 0 Å². The fourth-order valence-corrected chi connectivity index (χ4v) is 2.22. The topological polar surface area (TPSA) is 0 Å². The van der Waals surface area contributed by atoms with Gasteiger partial charge in [-0.15, -0.1) is 0 Å². The van der Waals surface area contributed by atoms with Gasteiger partial charge in [0, 0.05) is 5.03 Å². The van der Waals surface area contributed by atoms with E-state index in [1.54, 1.807) is 0 Å². The van der Waals surface area contributed by atoms with Gasteiger partial charge in [-0.2, -0.15) is 0 Å². The number of halogens is 1. The van der Waals surface area contributed by atoms with Crippen LogP contribution in [0.25, 0.3) is 0 Å². The summed E-state index contributed by atoms with van der Waals surface area (Å²) in [7, 11) is 0. The summed E-state index contributed by atoms with van der Waals surface area (Å²) in [5, 5.41) is 1.13. The van der Waals surface area contributed by atoms with Gasteiger partial charge in [0.05, 0.1) is 0 Å². The van der Waals surface area contributed by atoms with E-state index in [4.69, 9.17) is 11.6 Å². The van der Waals surface area contributed by atoms with Crippen molar-refractivity contribution in [2.75, 3.05) is 0 Å². The average molecular weight is 173 g/mol. The molecule has 0 saturated heterocycles. The minimum atomic E-state index is 0.440. The van der Waals surface area contributed by atoms with Crippen LogP contribution >= 0.6 is 11.6 Å². The van der Waals surface area contributed by atoms with E-state index in [1.165, 1.54) is 18.4 Å². The van der Waals surface area contributed by atoms with Gasteiger partial charge in [-0.05, 0) is 31.1 Å². The highest BCUT2D eigenvalue weighted by molar-refractivity contribution is 6.30. The first-order valence-corrected chi connectivity index (χ1v) is 4.79. The Morgan fingerprint density at radius 3 is 2.55 bits per heavy atom. The molecule has 1 rings (SSSR count). The van der Waals surface area contributed by atoms with Crippen LogP contribution in [-0.4, -0.2) is 0 Å². The lowest BCUT2D eigenvalue weighted by Crippen LogP contribution is -2.16. The molecule has 0 bridgehead atoms. The van der Waals surface area contributed by atoms with Crippen molar-refractivity contribution in [1.82, 2.24) is 0 Å².